The van der Waals surface area contributed by atoms with Crippen LogP contribution in [-0.4, -0.2) is 29.6 Å². The zero-order valence-electron chi connectivity index (χ0n) is 18.0. The van der Waals surface area contributed by atoms with Gasteiger partial charge in [-0.2, -0.15) is 0 Å². The van der Waals surface area contributed by atoms with Gasteiger partial charge in [0.05, 0.1) is 12.9 Å². The van der Waals surface area contributed by atoms with Gasteiger partial charge in [0.15, 0.2) is 0 Å². The number of carbonyl (C=O) groups is 1. The van der Waals surface area contributed by atoms with Gasteiger partial charge in [0, 0.05) is 12.1 Å². The molecule has 0 heterocycles. The summed E-state index contributed by atoms with van der Waals surface area (Å²) in [6.07, 6.45) is -3.29. The van der Waals surface area contributed by atoms with E-state index >= 15 is 0 Å². The van der Waals surface area contributed by atoms with Gasteiger partial charge in [-0.1, -0.05) is 19.1 Å². The highest BCUT2D eigenvalue weighted by molar-refractivity contribution is 5.73. The number of nitrogens with one attached hydrogen (secondary N) is 1. The van der Waals surface area contributed by atoms with E-state index in [0.717, 1.165) is 12.0 Å². The second-order valence-corrected chi connectivity index (χ2v) is 7.16. The molecule has 0 bridgehead atoms. The van der Waals surface area contributed by atoms with Gasteiger partial charge >= 0.3 is 6.36 Å². The average molecular weight is 453 g/mol. The number of benzene rings is 2. The molecular weight excluding hydrogens is 427 g/mol. The second kappa shape index (κ2) is 11.0. The molecule has 3 N–H and O–H groups in total. The number of aliphatic hydroxyl groups excluding tert-OH is 2. The van der Waals surface area contributed by atoms with Crippen molar-refractivity contribution in [3.05, 3.63) is 58.9 Å². The predicted molar refractivity (Wildman–Crippen MR) is 113 cm³/mol. The van der Waals surface area contributed by atoms with Crippen LogP contribution in [0.3, 0.4) is 0 Å². The van der Waals surface area contributed by atoms with Crippen LogP contribution in [0.5, 0.6) is 11.5 Å². The van der Waals surface area contributed by atoms with Crippen LogP contribution in [0.4, 0.5) is 13.2 Å². The molecule has 6 nitrogen and oxygen atoms in total. The molecule has 0 fully saturated rings. The summed E-state index contributed by atoms with van der Waals surface area (Å²) in [6, 6.07) is 7.04. The van der Waals surface area contributed by atoms with E-state index in [-0.39, 0.29) is 12.3 Å². The Bertz CT molecular complexity index is 956. The van der Waals surface area contributed by atoms with Gasteiger partial charge in [-0.3, -0.25) is 4.79 Å². The van der Waals surface area contributed by atoms with Crippen molar-refractivity contribution < 1.29 is 37.7 Å². The summed E-state index contributed by atoms with van der Waals surface area (Å²) in [6.45, 7) is 5.04. The molecule has 174 valence electrons. The molecule has 2 aromatic rings. The Labute approximate surface area is 184 Å². The highest BCUT2D eigenvalue weighted by Crippen LogP contribution is 2.40. The number of alkyl halides is 3. The van der Waals surface area contributed by atoms with Gasteiger partial charge in [-0.15, -0.1) is 13.2 Å². The maximum Gasteiger partial charge on any atom is 0.573 e. The first kappa shape index (κ1) is 25.2. The Morgan fingerprint density at radius 1 is 1.25 bits per heavy atom. The maximum absolute atomic E-state index is 12.5. The molecule has 0 aliphatic rings. The van der Waals surface area contributed by atoms with E-state index in [0.29, 0.717) is 40.0 Å². The Balaban J connectivity index is 2.65. The summed E-state index contributed by atoms with van der Waals surface area (Å²) >= 11 is 0. The summed E-state index contributed by atoms with van der Waals surface area (Å²) in [5, 5.41) is 22.6. The summed E-state index contributed by atoms with van der Waals surface area (Å²) in [4.78, 5) is 10.9. The van der Waals surface area contributed by atoms with Crippen molar-refractivity contribution in [1.82, 2.24) is 5.32 Å². The minimum Gasteiger partial charge on any atom is -0.464 e. The number of amides is 1. The Kier molecular flexibility index (Phi) is 8.68. The van der Waals surface area contributed by atoms with Gasteiger partial charge in [-0.25, -0.2) is 0 Å². The predicted octanol–water partition coefficient (Wildman–Crippen LogP) is 4.52. The highest BCUT2D eigenvalue weighted by Gasteiger charge is 2.31. The Morgan fingerprint density at radius 2 is 1.91 bits per heavy atom. The Morgan fingerprint density at radius 3 is 2.44 bits per heavy atom. The number of hydrogen-bond acceptors (Lipinski definition) is 5. The van der Waals surface area contributed by atoms with Gasteiger partial charge in [0.25, 0.3) is 0 Å². The van der Waals surface area contributed by atoms with Crippen molar-refractivity contribution in [3.63, 3.8) is 0 Å². The van der Waals surface area contributed by atoms with Crippen LogP contribution in [0.15, 0.2) is 42.2 Å². The zero-order chi connectivity index (χ0) is 23.9. The first-order valence-corrected chi connectivity index (χ1v) is 9.92. The molecule has 0 aliphatic carbocycles. The minimum absolute atomic E-state index is 0.0469. The second-order valence-electron chi connectivity index (χ2n) is 7.16. The number of rotatable bonds is 10. The summed E-state index contributed by atoms with van der Waals surface area (Å²) < 4.78 is 47.2. The molecule has 9 heteroatoms. The third-order valence-corrected chi connectivity index (χ3v) is 4.87. The average Bonchev–Trinajstić information content (AvgIpc) is 2.75. The number of ether oxygens (including phenoxy) is 2. The van der Waals surface area contributed by atoms with E-state index in [1.54, 1.807) is 13.0 Å². The van der Waals surface area contributed by atoms with E-state index < -0.39 is 19.1 Å². The molecule has 0 saturated heterocycles. The SMILES string of the molecule is CC/C(C)=C/Oc1c(C)c(-c2ccc(OC(F)(F)F)cc2)cc(CNC=O)c1C(O)CO. The normalized spacial score (nSPS) is 12.9. The van der Waals surface area contributed by atoms with Crippen molar-refractivity contribution >= 4 is 6.41 Å². The fourth-order valence-corrected chi connectivity index (χ4v) is 3.12. The van der Waals surface area contributed by atoms with E-state index in [9.17, 15) is 28.2 Å². The van der Waals surface area contributed by atoms with Gasteiger partial charge < -0.3 is 25.0 Å². The fraction of sp³-hybridized carbons (Fsp3) is 0.348. The van der Waals surface area contributed by atoms with Crippen LogP contribution in [0.2, 0.25) is 0 Å². The molecule has 2 aromatic carbocycles. The number of aliphatic hydroxyl groups is 2. The lowest BCUT2D eigenvalue weighted by atomic mass is 9.90. The number of halogens is 3. The lowest BCUT2D eigenvalue weighted by Crippen LogP contribution is -2.17. The summed E-state index contributed by atoms with van der Waals surface area (Å²) in [5.74, 6) is -0.0535. The van der Waals surface area contributed by atoms with Crippen molar-refractivity contribution in [2.24, 2.45) is 0 Å². The molecule has 0 aliphatic heterocycles. The molecule has 1 amide bonds. The molecule has 2 rings (SSSR count). The minimum atomic E-state index is -4.79. The van der Waals surface area contributed by atoms with E-state index in [1.807, 2.05) is 13.8 Å². The first-order chi connectivity index (χ1) is 15.1. The van der Waals surface area contributed by atoms with E-state index in [4.69, 9.17) is 4.74 Å². The van der Waals surface area contributed by atoms with Crippen LogP contribution < -0.4 is 14.8 Å². The van der Waals surface area contributed by atoms with Crippen LogP contribution in [0.1, 0.15) is 43.1 Å². The van der Waals surface area contributed by atoms with Crippen LogP contribution >= 0.6 is 0 Å². The summed E-state index contributed by atoms with van der Waals surface area (Å²) in [5.41, 5.74) is 3.55. The van der Waals surface area contributed by atoms with Gasteiger partial charge in [-0.05, 0) is 66.3 Å². The lowest BCUT2D eigenvalue weighted by Gasteiger charge is -2.22. The number of carbonyl (C=O) groups excluding carboxylic acids is 1. The lowest BCUT2D eigenvalue weighted by molar-refractivity contribution is -0.274. The van der Waals surface area contributed by atoms with Crippen molar-refractivity contribution in [1.29, 1.82) is 0 Å². The molecule has 0 radical (unpaired) electrons. The number of allylic oxidation sites excluding steroid dienone is 1. The van der Waals surface area contributed by atoms with Crippen LogP contribution in [-0.2, 0) is 11.3 Å². The molecule has 0 spiro atoms. The van der Waals surface area contributed by atoms with Crippen molar-refractivity contribution in [2.75, 3.05) is 6.61 Å². The number of hydrogen-bond donors (Lipinski definition) is 3. The topological polar surface area (TPSA) is 88.0 Å². The van der Waals surface area contributed by atoms with Crippen molar-refractivity contribution in [2.45, 2.75) is 46.2 Å². The monoisotopic (exact) mass is 453 g/mol. The maximum atomic E-state index is 12.5. The fourth-order valence-electron chi connectivity index (χ4n) is 3.12. The largest absolute Gasteiger partial charge is 0.573 e. The molecule has 1 unspecified atom stereocenters. The van der Waals surface area contributed by atoms with E-state index in [2.05, 4.69) is 10.1 Å². The standard InChI is InChI=1S/C23H26F3NO5/c1-4-14(2)12-31-22-15(3)19(9-17(10-27-13-29)21(22)20(30)11-28)16-5-7-18(8-6-16)32-23(24,25)26/h5-9,12-13,20,28,30H,4,10-11H2,1-3H3,(H,27,29)/b14-12+. The van der Waals surface area contributed by atoms with Crippen LogP contribution in [0, 0.1) is 6.92 Å². The van der Waals surface area contributed by atoms with Crippen LogP contribution in [0.25, 0.3) is 11.1 Å². The molecule has 0 saturated carbocycles. The van der Waals surface area contributed by atoms with Crippen molar-refractivity contribution in [3.8, 4) is 22.6 Å². The summed E-state index contributed by atoms with van der Waals surface area (Å²) in [7, 11) is 0. The molecular formula is C23H26F3NO5. The molecule has 1 atom stereocenters. The van der Waals surface area contributed by atoms with Gasteiger partial charge in [0.2, 0.25) is 6.41 Å². The third kappa shape index (κ3) is 6.48. The smallest absolute Gasteiger partial charge is 0.464 e. The molecule has 32 heavy (non-hydrogen) atoms. The first-order valence-electron chi connectivity index (χ1n) is 9.92. The quantitative estimate of drug-likeness (QED) is 0.364. The van der Waals surface area contributed by atoms with E-state index in [1.165, 1.54) is 30.5 Å². The highest BCUT2D eigenvalue weighted by atomic mass is 19.4. The van der Waals surface area contributed by atoms with Gasteiger partial charge in [0.1, 0.15) is 17.6 Å². The third-order valence-electron chi connectivity index (χ3n) is 4.87. The molecule has 0 aromatic heterocycles. The Hall–Kier alpha value is -3.04. The zero-order valence-corrected chi connectivity index (χ0v) is 18.0.